The maximum absolute atomic E-state index is 11.0. The molecule has 0 spiro atoms. The predicted molar refractivity (Wildman–Crippen MR) is 53.4 cm³/mol. The quantitative estimate of drug-likeness (QED) is 0.485. The molecule has 2 nitrogen and oxygen atoms in total. The van der Waals surface area contributed by atoms with Gasteiger partial charge in [-0.25, -0.2) is 0 Å². The number of allylic oxidation sites excluding steroid dienone is 1. The Morgan fingerprint density at radius 3 is 2.78 bits per heavy atom. The Hall–Kier alpha value is 0.540. The lowest BCUT2D eigenvalue weighted by atomic mass is 10.3. The van der Waals surface area contributed by atoms with E-state index in [2.05, 4.69) is 27.6 Å². The van der Waals surface area contributed by atoms with Crippen molar-refractivity contribution in [1.82, 2.24) is 0 Å². The molecular weight excluding hydrogens is 344 g/mol. The summed E-state index contributed by atoms with van der Waals surface area (Å²) in [6.45, 7) is 0. The highest BCUT2D eigenvalue weighted by Gasteiger charge is 2.17. The molecular formula is C5H3I2NO. The zero-order valence-corrected chi connectivity index (χ0v) is 8.66. The van der Waals surface area contributed by atoms with Crippen molar-refractivity contribution in [3.05, 3.63) is 9.78 Å². The van der Waals surface area contributed by atoms with Gasteiger partial charge in [-0.05, 0) is 22.6 Å². The van der Waals surface area contributed by atoms with E-state index in [4.69, 9.17) is 0 Å². The minimum absolute atomic E-state index is 0.0560. The van der Waals surface area contributed by atoms with Crippen LogP contribution in [0.5, 0.6) is 0 Å². The SMILES string of the molecule is O=C1C(I)=CN=C[C@@H]1I. The average molecular weight is 347 g/mol. The number of rotatable bonds is 0. The zero-order chi connectivity index (χ0) is 6.85. The van der Waals surface area contributed by atoms with Crippen molar-refractivity contribution in [3.8, 4) is 0 Å². The molecule has 0 aliphatic carbocycles. The largest absolute Gasteiger partial charge is 0.292 e. The molecule has 1 aliphatic rings. The molecule has 1 heterocycles. The van der Waals surface area contributed by atoms with Gasteiger partial charge >= 0.3 is 0 Å². The molecule has 0 saturated heterocycles. The lowest BCUT2D eigenvalue weighted by molar-refractivity contribution is -0.113. The summed E-state index contributed by atoms with van der Waals surface area (Å²) < 4.78 is 0.661. The van der Waals surface area contributed by atoms with Gasteiger partial charge in [-0.15, -0.1) is 0 Å². The molecule has 1 rings (SSSR count). The number of carbonyl (C=O) groups excluding carboxylic acids is 1. The normalized spacial score (nSPS) is 26.2. The maximum atomic E-state index is 11.0. The standard InChI is InChI=1S/C5H3I2NO/c6-3-1-8-2-4(7)5(3)9/h1-3H/t3-/m0/s1. The summed E-state index contributed by atoms with van der Waals surface area (Å²) in [6, 6.07) is 0. The van der Waals surface area contributed by atoms with Crippen molar-refractivity contribution < 1.29 is 4.79 Å². The molecule has 0 amide bonds. The first kappa shape index (κ1) is 7.64. The van der Waals surface area contributed by atoms with Crippen LogP contribution in [0.1, 0.15) is 0 Å². The summed E-state index contributed by atoms with van der Waals surface area (Å²) in [7, 11) is 0. The molecule has 0 fully saturated rings. The molecule has 4 heteroatoms. The number of nitrogens with zero attached hydrogens (tertiary/aromatic N) is 1. The highest BCUT2D eigenvalue weighted by molar-refractivity contribution is 14.1. The molecule has 0 radical (unpaired) electrons. The lowest BCUT2D eigenvalue weighted by Gasteiger charge is -2.04. The van der Waals surface area contributed by atoms with E-state index in [0.717, 1.165) is 3.58 Å². The highest BCUT2D eigenvalue weighted by Crippen LogP contribution is 2.17. The minimum Gasteiger partial charge on any atom is -0.292 e. The number of halogens is 2. The summed E-state index contributed by atoms with van der Waals surface area (Å²) in [4.78, 5) is 14.8. The van der Waals surface area contributed by atoms with Crippen LogP contribution in [0.3, 0.4) is 0 Å². The van der Waals surface area contributed by atoms with Crippen LogP contribution < -0.4 is 0 Å². The fourth-order valence-electron chi connectivity index (χ4n) is 0.447. The third kappa shape index (κ3) is 1.73. The average Bonchev–Trinajstić information content (AvgIpc) is 1.83. The zero-order valence-electron chi connectivity index (χ0n) is 4.34. The van der Waals surface area contributed by atoms with Gasteiger partial charge in [-0.3, -0.25) is 9.79 Å². The van der Waals surface area contributed by atoms with E-state index in [-0.39, 0.29) is 9.71 Å². The minimum atomic E-state index is -0.0560. The van der Waals surface area contributed by atoms with Crippen molar-refractivity contribution in [2.75, 3.05) is 0 Å². The molecule has 0 N–H and O–H groups in total. The first-order valence-corrected chi connectivity index (χ1v) is 4.61. The summed E-state index contributed by atoms with van der Waals surface area (Å²) in [5, 5.41) is 0. The van der Waals surface area contributed by atoms with Gasteiger partial charge < -0.3 is 0 Å². The van der Waals surface area contributed by atoms with E-state index in [1.54, 1.807) is 12.4 Å². The molecule has 0 aromatic rings. The Morgan fingerprint density at radius 2 is 2.33 bits per heavy atom. The van der Waals surface area contributed by atoms with Gasteiger partial charge in [0.25, 0.3) is 0 Å². The summed E-state index contributed by atoms with van der Waals surface area (Å²) in [5.41, 5.74) is 0. The van der Waals surface area contributed by atoms with Gasteiger partial charge in [0, 0.05) is 12.4 Å². The monoisotopic (exact) mass is 347 g/mol. The Balaban J connectivity index is 2.86. The van der Waals surface area contributed by atoms with Crippen LogP contribution in [0, 0.1) is 0 Å². The smallest absolute Gasteiger partial charge is 0.188 e. The van der Waals surface area contributed by atoms with E-state index in [0.29, 0.717) is 0 Å². The number of aliphatic imine (C=N–C) groups is 1. The summed E-state index contributed by atoms with van der Waals surface area (Å²) in [5.74, 6) is 0.159. The summed E-state index contributed by atoms with van der Waals surface area (Å²) in [6.07, 6.45) is 3.23. The molecule has 0 aromatic heterocycles. The maximum Gasteiger partial charge on any atom is 0.188 e. The predicted octanol–water partition coefficient (Wildman–Crippen LogP) is 1.72. The molecule has 0 aromatic carbocycles. The molecule has 0 saturated carbocycles. The van der Waals surface area contributed by atoms with Gasteiger partial charge in [0.2, 0.25) is 0 Å². The van der Waals surface area contributed by atoms with E-state index in [1.165, 1.54) is 0 Å². The first-order chi connectivity index (χ1) is 4.22. The highest BCUT2D eigenvalue weighted by atomic mass is 127. The van der Waals surface area contributed by atoms with Crippen LogP contribution in [-0.2, 0) is 4.79 Å². The molecule has 9 heavy (non-hydrogen) atoms. The van der Waals surface area contributed by atoms with Gasteiger partial charge in [0.15, 0.2) is 5.78 Å². The molecule has 0 bridgehead atoms. The lowest BCUT2D eigenvalue weighted by Crippen LogP contribution is -2.17. The molecule has 1 atom stereocenters. The molecule has 0 unspecified atom stereocenters. The Labute approximate surface area is 80.1 Å². The van der Waals surface area contributed by atoms with Crippen LogP contribution in [-0.4, -0.2) is 15.9 Å². The van der Waals surface area contributed by atoms with E-state index in [9.17, 15) is 4.79 Å². The number of ketones is 1. The number of Topliss-reactive ketones (excluding diaryl/α,β-unsaturated/α-hetero) is 1. The van der Waals surface area contributed by atoms with Crippen molar-refractivity contribution in [1.29, 1.82) is 0 Å². The molecule has 48 valence electrons. The number of carbonyl (C=O) groups is 1. The fourth-order valence-corrected chi connectivity index (χ4v) is 2.06. The Bertz CT molecular complexity index is 197. The second-order valence-electron chi connectivity index (χ2n) is 1.54. The van der Waals surface area contributed by atoms with E-state index < -0.39 is 0 Å². The van der Waals surface area contributed by atoms with Crippen molar-refractivity contribution in [2.24, 2.45) is 4.99 Å². The van der Waals surface area contributed by atoms with Gasteiger partial charge in [0.05, 0.1) is 3.58 Å². The second kappa shape index (κ2) is 3.09. The topological polar surface area (TPSA) is 29.4 Å². The summed E-state index contributed by atoms with van der Waals surface area (Å²) >= 11 is 4.04. The van der Waals surface area contributed by atoms with Gasteiger partial charge in [-0.2, -0.15) is 0 Å². The van der Waals surface area contributed by atoms with Gasteiger partial charge in [0.1, 0.15) is 3.92 Å². The second-order valence-corrected chi connectivity index (χ2v) is 4.05. The number of alkyl halides is 1. The Morgan fingerprint density at radius 1 is 1.67 bits per heavy atom. The van der Waals surface area contributed by atoms with Crippen LogP contribution in [0.25, 0.3) is 0 Å². The molecule has 1 aliphatic heterocycles. The van der Waals surface area contributed by atoms with E-state index in [1.807, 2.05) is 22.6 Å². The van der Waals surface area contributed by atoms with Gasteiger partial charge in [-0.1, -0.05) is 22.6 Å². The number of hydrogen-bond acceptors (Lipinski definition) is 2. The van der Waals surface area contributed by atoms with E-state index >= 15 is 0 Å². The van der Waals surface area contributed by atoms with Crippen LogP contribution in [0.2, 0.25) is 0 Å². The van der Waals surface area contributed by atoms with Crippen molar-refractivity contribution >= 4 is 57.2 Å². The first-order valence-electron chi connectivity index (χ1n) is 2.29. The van der Waals surface area contributed by atoms with Crippen LogP contribution >= 0.6 is 45.2 Å². The fraction of sp³-hybridized carbons (Fsp3) is 0.200. The van der Waals surface area contributed by atoms with Crippen molar-refractivity contribution in [2.45, 2.75) is 3.92 Å². The Kier molecular flexibility index (Phi) is 2.62. The van der Waals surface area contributed by atoms with Crippen LogP contribution in [0.15, 0.2) is 14.8 Å². The third-order valence-electron chi connectivity index (χ3n) is 0.891. The third-order valence-corrected chi connectivity index (χ3v) is 2.59. The number of hydrogen-bond donors (Lipinski definition) is 0. The van der Waals surface area contributed by atoms with Crippen molar-refractivity contribution in [3.63, 3.8) is 0 Å². The van der Waals surface area contributed by atoms with Crippen LogP contribution in [0.4, 0.5) is 0 Å².